The number of hydrogen-bond donors (Lipinski definition) is 2. The Morgan fingerprint density at radius 1 is 1.16 bits per heavy atom. The van der Waals surface area contributed by atoms with Crippen molar-refractivity contribution in [1.82, 2.24) is 4.72 Å². The molecule has 2 rings (SSSR count). The minimum absolute atomic E-state index is 0.472. The third kappa shape index (κ3) is 2.94. The summed E-state index contributed by atoms with van der Waals surface area (Å²) in [5.41, 5.74) is 6.55. The topological polar surface area (TPSA) is 58.4 Å². The van der Waals surface area contributed by atoms with Crippen LogP contribution in [-0.2, 0) is 11.0 Å². The van der Waals surface area contributed by atoms with E-state index < -0.39 is 11.0 Å². The van der Waals surface area contributed by atoms with Gasteiger partial charge in [0.2, 0.25) is 0 Å². The van der Waals surface area contributed by atoms with Crippen LogP contribution in [0.3, 0.4) is 0 Å². The Balaban J connectivity index is 2.52. The number of hydrogen-bond acceptors (Lipinski definition) is 3. The molecule has 0 saturated carbocycles. The average Bonchev–Trinajstić information content (AvgIpc) is 2.43. The Bertz CT molecular complexity index is 598. The SMILES string of the molecule is CN(C)c1cccc2c(S(=O)NCCN)cccc12. The van der Waals surface area contributed by atoms with E-state index in [9.17, 15) is 4.21 Å². The number of rotatable bonds is 5. The highest BCUT2D eigenvalue weighted by Crippen LogP contribution is 2.28. The first-order chi connectivity index (χ1) is 9.15. The van der Waals surface area contributed by atoms with Gasteiger partial charge in [0.25, 0.3) is 0 Å². The van der Waals surface area contributed by atoms with Crippen molar-refractivity contribution in [2.75, 3.05) is 32.1 Å². The third-order valence-corrected chi connectivity index (χ3v) is 4.14. The molecule has 0 aromatic heterocycles. The maximum absolute atomic E-state index is 12.2. The first kappa shape index (κ1) is 14.0. The van der Waals surface area contributed by atoms with Crippen LogP contribution in [0.15, 0.2) is 41.3 Å². The van der Waals surface area contributed by atoms with Crippen LogP contribution in [-0.4, -0.2) is 31.4 Å². The molecule has 0 amide bonds. The van der Waals surface area contributed by atoms with Gasteiger partial charge in [-0.3, -0.25) is 0 Å². The largest absolute Gasteiger partial charge is 0.377 e. The Labute approximate surface area is 116 Å². The average molecular weight is 277 g/mol. The lowest BCUT2D eigenvalue weighted by Gasteiger charge is -2.16. The van der Waals surface area contributed by atoms with Gasteiger partial charge < -0.3 is 10.6 Å². The van der Waals surface area contributed by atoms with Crippen LogP contribution >= 0.6 is 0 Å². The molecule has 0 aliphatic heterocycles. The number of nitrogens with two attached hydrogens (primary N) is 1. The molecule has 0 radical (unpaired) electrons. The second-order valence-corrected chi connectivity index (χ2v) is 5.74. The smallest absolute Gasteiger partial charge is 0.125 e. The van der Waals surface area contributed by atoms with Crippen LogP contribution in [0.1, 0.15) is 0 Å². The Morgan fingerprint density at radius 3 is 2.53 bits per heavy atom. The van der Waals surface area contributed by atoms with Crippen molar-refractivity contribution < 1.29 is 4.21 Å². The summed E-state index contributed by atoms with van der Waals surface area (Å²) in [6, 6.07) is 11.9. The lowest BCUT2D eigenvalue weighted by atomic mass is 10.1. The summed E-state index contributed by atoms with van der Waals surface area (Å²) in [4.78, 5) is 2.86. The zero-order valence-corrected chi connectivity index (χ0v) is 12.0. The molecule has 0 bridgehead atoms. The van der Waals surface area contributed by atoms with Crippen molar-refractivity contribution in [2.45, 2.75) is 4.90 Å². The van der Waals surface area contributed by atoms with E-state index in [1.54, 1.807) is 0 Å². The van der Waals surface area contributed by atoms with Crippen molar-refractivity contribution in [1.29, 1.82) is 0 Å². The number of fused-ring (bicyclic) bond motifs is 1. The van der Waals surface area contributed by atoms with E-state index in [-0.39, 0.29) is 0 Å². The molecule has 102 valence electrons. The summed E-state index contributed by atoms with van der Waals surface area (Å²) < 4.78 is 15.2. The van der Waals surface area contributed by atoms with Gasteiger partial charge in [0.05, 0.1) is 4.90 Å². The van der Waals surface area contributed by atoms with Gasteiger partial charge >= 0.3 is 0 Å². The molecule has 4 nitrogen and oxygen atoms in total. The number of nitrogens with zero attached hydrogens (tertiary/aromatic N) is 1. The van der Waals surface area contributed by atoms with Gasteiger partial charge in [-0.2, -0.15) is 0 Å². The molecule has 3 N–H and O–H groups in total. The summed E-state index contributed by atoms with van der Waals surface area (Å²) in [5.74, 6) is 0. The molecule has 0 aliphatic rings. The zero-order valence-electron chi connectivity index (χ0n) is 11.2. The van der Waals surface area contributed by atoms with Crippen LogP contribution < -0.4 is 15.4 Å². The summed E-state index contributed by atoms with van der Waals surface area (Å²) in [6.07, 6.45) is 0. The van der Waals surface area contributed by atoms with Gasteiger partial charge in [-0.15, -0.1) is 0 Å². The van der Waals surface area contributed by atoms with Crippen molar-refractivity contribution in [3.05, 3.63) is 36.4 Å². The normalized spacial score (nSPS) is 12.6. The first-order valence-corrected chi connectivity index (χ1v) is 7.34. The van der Waals surface area contributed by atoms with E-state index in [1.807, 2.05) is 44.4 Å². The minimum atomic E-state index is -1.23. The number of nitrogens with one attached hydrogen (secondary N) is 1. The lowest BCUT2D eigenvalue weighted by Crippen LogP contribution is -2.24. The fourth-order valence-electron chi connectivity index (χ4n) is 2.05. The predicted octanol–water partition coefficient (Wildman–Crippen LogP) is 1.48. The van der Waals surface area contributed by atoms with Crippen molar-refractivity contribution in [3.63, 3.8) is 0 Å². The van der Waals surface area contributed by atoms with Gasteiger partial charge in [0.15, 0.2) is 0 Å². The molecule has 1 atom stereocenters. The fourth-order valence-corrected chi connectivity index (χ4v) is 3.08. The van der Waals surface area contributed by atoms with Gasteiger partial charge in [0, 0.05) is 43.6 Å². The Kier molecular flexibility index (Phi) is 4.52. The van der Waals surface area contributed by atoms with Gasteiger partial charge in [-0.1, -0.05) is 24.3 Å². The minimum Gasteiger partial charge on any atom is -0.377 e. The molecular formula is C14H19N3OS. The number of benzene rings is 2. The maximum Gasteiger partial charge on any atom is 0.125 e. The predicted molar refractivity (Wildman–Crippen MR) is 81.7 cm³/mol. The van der Waals surface area contributed by atoms with Crippen LogP contribution in [0.5, 0.6) is 0 Å². The summed E-state index contributed by atoms with van der Waals surface area (Å²) >= 11 is 0. The third-order valence-electron chi connectivity index (χ3n) is 2.92. The van der Waals surface area contributed by atoms with Crippen LogP contribution in [0, 0.1) is 0 Å². The second kappa shape index (κ2) is 6.14. The Morgan fingerprint density at radius 2 is 1.84 bits per heavy atom. The van der Waals surface area contributed by atoms with E-state index in [0.717, 1.165) is 21.4 Å². The highest BCUT2D eigenvalue weighted by Gasteiger charge is 2.10. The van der Waals surface area contributed by atoms with E-state index in [0.29, 0.717) is 13.1 Å². The number of anilines is 1. The monoisotopic (exact) mass is 277 g/mol. The fraction of sp³-hybridized carbons (Fsp3) is 0.286. The molecule has 0 saturated heterocycles. The van der Waals surface area contributed by atoms with Crippen molar-refractivity contribution in [2.24, 2.45) is 5.73 Å². The molecule has 5 heteroatoms. The summed E-state index contributed by atoms with van der Waals surface area (Å²) in [5, 5.41) is 2.12. The van der Waals surface area contributed by atoms with Crippen molar-refractivity contribution >= 4 is 27.4 Å². The summed E-state index contributed by atoms with van der Waals surface area (Å²) in [7, 11) is 2.78. The Hall–Kier alpha value is -1.43. The second-order valence-electron chi connectivity index (χ2n) is 4.47. The molecule has 2 aromatic rings. The standard InChI is InChI=1S/C14H19N3OS/c1-17(2)13-7-3-6-12-11(13)5-4-8-14(12)19(18)16-10-9-15/h3-8,16H,9-10,15H2,1-2H3. The molecule has 0 fully saturated rings. The van der Waals surface area contributed by atoms with Gasteiger partial charge in [-0.25, -0.2) is 8.93 Å². The molecule has 0 aliphatic carbocycles. The quantitative estimate of drug-likeness (QED) is 0.870. The van der Waals surface area contributed by atoms with E-state index in [1.165, 1.54) is 0 Å². The molecular weight excluding hydrogens is 258 g/mol. The molecule has 19 heavy (non-hydrogen) atoms. The highest BCUT2D eigenvalue weighted by atomic mass is 32.2. The van der Waals surface area contributed by atoms with Gasteiger partial charge in [0.1, 0.15) is 11.0 Å². The van der Waals surface area contributed by atoms with E-state index in [2.05, 4.69) is 15.7 Å². The lowest BCUT2D eigenvalue weighted by molar-refractivity contribution is 0.673. The van der Waals surface area contributed by atoms with Crippen LogP contribution in [0.25, 0.3) is 10.8 Å². The summed E-state index contributed by atoms with van der Waals surface area (Å²) in [6.45, 7) is 1.01. The molecule has 1 unspecified atom stereocenters. The van der Waals surface area contributed by atoms with E-state index in [4.69, 9.17) is 5.73 Å². The molecule has 2 aromatic carbocycles. The van der Waals surface area contributed by atoms with E-state index >= 15 is 0 Å². The van der Waals surface area contributed by atoms with Crippen molar-refractivity contribution in [3.8, 4) is 0 Å². The first-order valence-electron chi connectivity index (χ1n) is 6.19. The van der Waals surface area contributed by atoms with Gasteiger partial charge in [-0.05, 0) is 12.1 Å². The van der Waals surface area contributed by atoms with Crippen LogP contribution in [0.4, 0.5) is 5.69 Å². The zero-order chi connectivity index (χ0) is 13.8. The van der Waals surface area contributed by atoms with Crippen LogP contribution in [0.2, 0.25) is 0 Å². The molecule has 0 spiro atoms. The highest BCUT2D eigenvalue weighted by molar-refractivity contribution is 7.83. The maximum atomic E-state index is 12.2. The molecule has 0 heterocycles.